The van der Waals surface area contributed by atoms with E-state index in [0.717, 1.165) is 4.90 Å². The minimum absolute atomic E-state index is 0.125. The van der Waals surface area contributed by atoms with E-state index in [4.69, 9.17) is 0 Å². The molecule has 4 nitrogen and oxygen atoms in total. The molecular formula is C19H12FO4S2. The van der Waals surface area contributed by atoms with Gasteiger partial charge in [-0.1, -0.05) is 24.3 Å². The van der Waals surface area contributed by atoms with E-state index in [2.05, 4.69) is 0 Å². The van der Waals surface area contributed by atoms with Crippen LogP contribution in [0.15, 0.2) is 53.4 Å². The van der Waals surface area contributed by atoms with Gasteiger partial charge in [0.05, 0.1) is 0 Å². The van der Waals surface area contributed by atoms with Crippen LogP contribution in [-0.2, 0) is 5.11 Å². The van der Waals surface area contributed by atoms with E-state index in [1.54, 1.807) is 12.1 Å². The standard InChI is InChI=1S/C19H12FO4S2/c1-25-13-8-4-11(5-9-13)15-14(10-2-6-12(20)7-3-10)16(18(21)22)26-17(15)19(23)24/h2-9H,1H3,(H,21,22). The van der Waals surface area contributed by atoms with E-state index in [0.29, 0.717) is 22.5 Å². The van der Waals surface area contributed by atoms with E-state index in [9.17, 15) is 24.2 Å². The molecule has 7 heteroatoms. The van der Waals surface area contributed by atoms with Gasteiger partial charge in [-0.2, -0.15) is 0 Å². The van der Waals surface area contributed by atoms with Gasteiger partial charge in [-0.25, -0.2) is 19.1 Å². The van der Waals surface area contributed by atoms with Crippen LogP contribution in [0.1, 0.15) is 19.3 Å². The molecule has 0 spiro atoms. The topological polar surface area (TPSA) is 74.3 Å². The molecule has 3 aromatic rings. The molecule has 0 saturated carbocycles. The fourth-order valence-electron chi connectivity index (χ4n) is 2.65. The first-order valence-corrected chi connectivity index (χ1v) is 9.48. The average molecular weight is 387 g/mol. The summed E-state index contributed by atoms with van der Waals surface area (Å²) < 4.78 is 13.3. The summed E-state index contributed by atoms with van der Waals surface area (Å²) in [5.41, 5.74) is 1.51. The van der Waals surface area contributed by atoms with E-state index in [-0.39, 0.29) is 20.9 Å². The number of hydrogen-bond donors (Lipinski definition) is 1. The van der Waals surface area contributed by atoms with Crippen LogP contribution in [-0.4, -0.2) is 23.3 Å². The van der Waals surface area contributed by atoms with Gasteiger partial charge in [-0.05, 0) is 41.6 Å². The van der Waals surface area contributed by atoms with Crippen molar-refractivity contribution in [3.63, 3.8) is 0 Å². The highest BCUT2D eigenvalue weighted by molar-refractivity contribution is 7.98. The van der Waals surface area contributed by atoms with Crippen molar-refractivity contribution in [2.45, 2.75) is 4.90 Å². The number of carbonyl (C=O) groups is 2. The molecule has 0 bridgehead atoms. The molecule has 26 heavy (non-hydrogen) atoms. The maximum absolute atomic E-state index is 13.3. The number of benzene rings is 2. The Morgan fingerprint density at radius 1 is 0.923 bits per heavy atom. The molecule has 0 aliphatic rings. The third kappa shape index (κ3) is 3.36. The normalized spacial score (nSPS) is 10.7. The van der Waals surface area contributed by atoms with E-state index < -0.39 is 17.8 Å². The molecular weight excluding hydrogens is 375 g/mol. The number of carbonyl (C=O) groups excluding carboxylic acids is 1. The highest BCUT2D eigenvalue weighted by Gasteiger charge is 2.28. The summed E-state index contributed by atoms with van der Waals surface area (Å²) >= 11 is 2.18. The van der Waals surface area contributed by atoms with E-state index in [1.807, 2.05) is 18.4 Å². The summed E-state index contributed by atoms with van der Waals surface area (Å²) in [7, 11) is 0. The van der Waals surface area contributed by atoms with Gasteiger partial charge >= 0.3 is 11.9 Å². The Kier molecular flexibility index (Phi) is 5.11. The van der Waals surface area contributed by atoms with Crippen LogP contribution in [0.5, 0.6) is 0 Å². The average Bonchev–Trinajstić information content (AvgIpc) is 3.03. The first-order valence-electron chi connectivity index (χ1n) is 7.44. The van der Waals surface area contributed by atoms with Crippen molar-refractivity contribution in [1.29, 1.82) is 0 Å². The molecule has 2 aromatic carbocycles. The Morgan fingerprint density at radius 2 is 1.42 bits per heavy atom. The third-order valence-electron chi connectivity index (χ3n) is 3.80. The van der Waals surface area contributed by atoms with Gasteiger partial charge in [-0.3, -0.25) is 0 Å². The van der Waals surface area contributed by atoms with Gasteiger partial charge in [0, 0.05) is 16.0 Å². The summed E-state index contributed by atoms with van der Waals surface area (Å²) in [6.07, 6.45) is 1.92. The molecule has 0 aliphatic heterocycles. The fraction of sp³-hybridized carbons (Fsp3) is 0.0526. The molecule has 1 N–H and O–H groups in total. The van der Waals surface area contributed by atoms with Crippen molar-refractivity contribution in [3.8, 4) is 22.3 Å². The van der Waals surface area contributed by atoms with Gasteiger partial charge < -0.3 is 5.11 Å². The molecule has 0 fully saturated rings. The number of aromatic carboxylic acids is 1. The zero-order valence-electron chi connectivity index (χ0n) is 13.5. The van der Waals surface area contributed by atoms with Gasteiger partial charge in [0.2, 0.25) is 0 Å². The number of thioether (sulfide) groups is 1. The third-order valence-corrected chi connectivity index (χ3v) is 5.70. The fourth-order valence-corrected chi connectivity index (χ4v) is 4.08. The van der Waals surface area contributed by atoms with Gasteiger partial charge in [0.25, 0.3) is 0 Å². The molecule has 131 valence electrons. The van der Waals surface area contributed by atoms with Crippen LogP contribution in [0.3, 0.4) is 0 Å². The zero-order chi connectivity index (χ0) is 18.8. The van der Waals surface area contributed by atoms with Crippen LogP contribution < -0.4 is 0 Å². The Morgan fingerprint density at radius 3 is 1.88 bits per heavy atom. The smallest absolute Gasteiger partial charge is 0.396 e. The summed E-state index contributed by atoms with van der Waals surface area (Å²) in [5.74, 6) is -3.16. The molecule has 0 atom stereocenters. The Hall–Kier alpha value is -2.64. The first kappa shape index (κ1) is 18.2. The molecule has 0 saturated heterocycles. The summed E-state index contributed by atoms with van der Waals surface area (Å²) in [5, 5.41) is 21.2. The van der Waals surface area contributed by atoms with Crippen molar-refractivity contribution in [2.75, 3.05) is 6.26 Å². The van der Waals surface area contributed by atoms with Crippen LogP contribution in [0.25, 0.3) is 22.3 Å². The predicted molar refractivity (Wildman–Crippen MR) is 98.9 cm³/mol. The maximum Gasteiger partial charge on any atom is 0.396 e. The predicted octanol–water partition coefficient (Wildman–Crippen LogP) is 5.21. The summed E-state index contributed by atoms with van der Waals surface area (Å²) in [6.45, 7) is 0. The highest BCUT2D eigenvalue weighted by Crippen LogP contribution is 2.43. The number of carboxylic acids is 1. The quantitative estimate of drug-likeness (QED) is 0.610. The minimum Gasteiger partial charge on any atom is -0.477 e. The summed E-state index contributed by atoms with van der Waals surface area (Å²) in [4.78, 5) is 24.0. The van der Waals surface area contributed by atoms with Crippen molar-refractivity contribution < 1.29 is 24.2 Å². The zero-order valence-corrected chi connectivity index (χ0v) is 15.1. The molecule has 0 aliphatic carbocycles. The minimum atomic E-state index is -1.45. The molecule has 1 radical (unpaired) electrons. The van der Waals surface area contributed by atoms with Crippen LogP contribution >= 0.6 is 23.1 Å². The van der Waals surface area contributed by atoms with Gasteiger partial charge in [0.15, 0.2) is 0 Å². The van der Waals surface area contributed by atoms with Crippen molar-refractivity contribution in [1.82, 2.24) is 0 Å². The Labute approximate surface area is 156 Å². The SMILES string of the molecule is CSc1ccc(-c2c(C([O])=O)sc(C(=O)O)c2-c2ccc(F)cc2)cc1. The Bertz CT molecular complexity index is 976. The van der Waals surface area contributed by atoms with Crippen molar-refractivity contribution in [3.05, 3.63) is 64.1 Å². The second-order valence-corrected chi connectivity index (χ2v) is 7.24. The molecule has 1 aromatic heterocycles. The van der Waals surface area contributed by atoms with Gasteiger partial charge in [0.1, 0.15) is 15.6 Å². The lowest BCUT2D eigenvalue weighted by Crippen LogP contribution is -1.96. The molecule has 1 heterocycles. The van der Waals surface area contributed by atoms with E-state index in [1.165, 1.54) is 36.0 Å². The maximum atomic E-state index is 13.3. The number of carboxylic acid groups (broad SMARTS) is 1. The van der Waals surface area contributed by atoms with Crippen LogP contribution in [0.4, 0.5) is 4.39 Å². The molecule has 0 amide bonds. The van der Waals surface area contributed by atoms with Crippen molar-refractivity contribution >= 4 is 35.0 Å². The second-order valence-electron chi connectivity index (χ2n) is 5.34. The lowest BCUT2D eigenvalue weighted by atomic mass is 9.94. The number of hydrogen-bond acceptors (Lipinski definition) is 4. The number of rotatable bonds is 5. The van der Waals surface area contributed by atoms with Crippen molar-refractivity contribution in [2.24, 2.45) is 0 Å². The second kappa shape index (κ2) is 7.31. The van der Waals surface area contributed by atoms with Gasteiger partial charge in [-0.15, -0.1) is 23.1 Å². The lowest BCUT2D eigenvalue weighted by molar-refractivity contribution is 0.0579. The van der Waals surface area contributed by atoms with Crippen LogP contribution in [0, 0.1) is 5.82 Å². The number of halogens is 1. The summed E-state index contributed by atoms with van der Waals surface area (Å²) in [6, 6.07) is 12.4. The van der Waals surface area contributed by atoms with Crippen LogP contribution in [0.2, 0.25) is 0 Å². The molecule has 0 unspecified atom stereocenters. The largest absolute Gasteiger partial charge is 0.477 e. The molecule has 3 rings (SSSR count). The lowest BCUT2D eigenvalue weighted by Gasteiger charge is -2.08. The highest BCUT2D eigenvalue weighted by atomic mass is 32.2. The van der Waals surface area contributed by atoms with E-state index >= 15 is 0 Å². The Balaban J connectivity index is 2.33. The first-order chi connectivity index (χ1) is 12.4. The monoisotopic (exact) mass is 387 g/mol. The number of thiophene rings is 1.